The fraction of sp³-hybridized carbons (Fsp3) is 0.0714. The van der Waals surface area contributed by atoms with Gasteiger partial charge in [-0.15, -0.1) is 0 Å². The van der Waals surface area contributed by atoms with Gasteiger partial charge in [0.1, 0.15) is 18.2 Å². The number of hydrogen-bond acceptors (Lipinski definition) is 3. The Bertz CT molecular complexity index is 627. The van der Waals surface area contributed by atoms with Crippen LogP contribution in [0, 0.1) is 5.82 Å². The van der Waals surface area contributed by atoms with Crippen molar-refractivity contribution in [3.05, 3.63) is 64.4 Å². The Labute approximate surface area is 120 Å². The van der Waals surface area contributed by atoms with E-state index < -0.39 is 5.82 Å². The molecule has 2 aromatic carbocycles. The van der Waals surface area contributed by atoms with E-state index in [0.717, 1.165) is 0 Å². The van der Waals surface area contributed by atoms with E-state index in [4.69, 9.17) is 27.3 Å². The van der Waals surface area contributed by atoms with Gasteiger partial charge >= 0.3 is 0 Å². The Morgan fingerprint density at radius 1 is 1.25 bits per heavy atom. The Hall–Kier alpha value is -2.27. The summed E-state index contributed by atoms with van der Waals surface area (Å²) in [6, 6.07) is 11.1. The molecule has 0 radical (unpaired) electrons. The predicted molar refractivity (Wildman–Crippen MR) is 74.7 cm³/mol. The normalized spacial score (nSPS) is 11.4. The zero-order valence-corrected chi connectivity index (χ0v) is 11.1. The number of nitrogens with two attached hydrogens (primary N) is 1. The maximum absolute atomic E-state index is 13.6. The summed E-state index contributed by atoms with van der Waals surface area (Å²) in [7, 11) is 0. The molecule has 0 aliphatic rings. The average molecular weight is 295 g/mol. The average Bonchev–Trinajstić information content (AvgIpc) is 2.46. The van der Waals surface area contributed by atoms with Gasteiger partial charge in [0.25, 0.3) is 0 Å². The molecule has 0 atom stereocenters. The van der Waals surface area contributed by atoms with Crippen molar-refractivity contribution in [2.45, 2.75) is 6.61 Å². The van der Waals surface area contributed by atoms with Crippen molar-refractivity contribution in [3.63, 3.8) is 0 Å². The smallest absolute Gasteiger partial charge is 0.173 e. The molecule has 0 saturated heterocycles. The van der Waals surface area contributed by atoms with Crippen LogP contribution in [0.2, 0.25) is 5.02 Å². The fourth-order valence-corrected chi connectivity index (χ4v) is 1.90. The number of para-hydroxylation sites is 1. The molecule has 0 bridgehead atoms. The quantitative estimate of drug-likeness (QED) is 0.394. The Morgan fingerprint density at radius 3 is 2.70 bits per heavy atom. The monoisotopic (exact) mass is 294 g/mol. The van der Waals surface area contributed by atoms with Crippen molar-refractivity contribution in [2.24, 2.45) is 10.9 Å². The second kappa shape index (κ2) is 6.25. The summed E-state index contributed by atoms with van der Waals surface area (Å²) in [5.74, 6) is -0.152. The van der Waals surface area contributed by atoms with Crippen molar-refractivity contribution >= 4 is 17.4 Å². The standard InChI is InChI=1S/C14H12ClFN2O2/c15-11-5-3-6-12(16)10(11)8-20-13-7-2-1-4-9(13)14(17)18-19/h1-7,19H,8H2,(H2,17,18). The molecule has 2 aromatic rings. The van der Waals surface area contributed by atoms with Crippen LogP contribution in [0.3, 0.4) is 0 Å². The lowest BCUT2D eigenvalue weighted by Gasteiger charge is -2.11. The van der Waals surface area contributed by atoms with E-state index in [2.05, 4.69) is 5.16 Å². The zero-order valence-electron chi connectivity index (χ0n) is 10.4. The topological polar surface area (TPSA) is 67.8 Å². The third kappa shape index (κ3) is 3.00. The van der Waals surface area contributed by atoms with Gasteiger partial charge in [-0.25, -0.2) is 4.39 Å². The zero-order chi connectivity index (χ0) is 14.5. The van der Waals surface area contributed by atoms with E-state index in [1.54, 1.807) is 30.3 Å². The molecule has 0 unspecified atom stereocenters. The molecule has 0 fully saturated rings. The third-order valence-electron chi connectivity index (χ3n) is 2.70. The minimum absolute atomic E-state index is 0.0543. The predicted octanol–water partition coefficient (Wildman–Crippen LogP) is 3.15. The van der Waals surface area contributed by atoms with E-state index in [9.17, 15) is 4.39 Å². The number of halogens is 2. The van der Waals surface area contributed by atoms with Gasteiger partial charge in [0.2, 0.25) is 0 Å². The minimum atomic E-state index is -0.446. The summed E-state index contributed by atoms with van der Waals surface area (Å²) in [6.45, 7) is -0.0543. The van der Waals surface area contributed by atoms with Crippen molar-refractivity contribution in [1.82, 2.24) is 0 Å². The Kier molecular flexibility index (Phi) is 4.42. The van der Waals surface area contributed by atoms with Crippen LogP contribution in [0.15, 0.2) is 47.6 Å². The molecule has 0 aliphatic heterocycles. The fourth-order valence-electron chi connectivity index (χ4n) is 1.68. The number of rotatable bonds is 4. The van der Waals surface area contributed by atoms with Gasteiger partial charge in [0.05, 0.1) is 10.6 Å². The third-order valence-corrected chi connectivity index (χ3v) is 3.06. The van der Waals surface area contributed by atoms with Crippen LogP contribution in [0.1, 0.15) is 11.1 Å². The molecular weight excluding hydrogens is 283 g/mol. The second-order valence-corrected chi connectivity index (χ2v) is 4.38. The first-order valence-corrected chi connectivity index (χ1v) is 6.14. The van der Waals surface area contributed by atoms with Crippen molar-refractivity contribution in [1.29, 1.82) is 0 Å². The first-order chi connectivity index (χ1) is 9.63. The van der Waals surface area contributed by atoms with Gasteiger partial charge < -0.3 is 15.7 Å². The summed E-state index contributed by atoms with van der Waals surface area (Å²) >= 11 is 5.92. The molecule has 104 valence electrons. The minimum Gasteiger partial charge on any atom is -0.488 e. The molecule has 6 heteroatoms. The molecule has 0 spiro atoms. The van der Waals surface area contributed by atoms with Gasteiger partial charge in [-0.1, -0.05) is 35.0 Å². The number of ether oxygens (including phenoxy) is 1. The maximum atomic E-state index is 13.6. The highest BCUT2D eigenvalue weighted by molar-refractivity contribution is 6.31. The van der Waals surface area contributed by atoms with Crippen molar-refractivity contribution in [3.8, 4) is 5.75 Å². The van der Waals surface area contributed by atoms with Crippen molar-refractivity contribution in [2.75, 3.05) is 0 Å². The number of nitrogens with zero attached hydrogens (tertiary/aromatic N) is 1. The van der Waals surface area contributed by atoms with Crippen LogP contribution >= 0.6 is 11.6 Å². The summed E-state index contributed by atoms with van der Waals surface area (Å²) in [5.41, 5.74) is 6.22. The molecule has 0 aliphatic carbocycles. The van der Waals surface area contributed by atoms with Crippen LogP contribution in [0.4, 0.5) is 4.39 Å². The van der Waals surface area contributed by atoms with E-state index in [1.807, 2.05) is 0 Å². The van der Waals surface area contributed by atoms with Gasteiger partial charge in [0.15, 0.2) is 5.84 Å². The molecule has 2 rings (SSSR count). The highest BCUT2D eigenvalue weighted by Gasteiger charge is 2.11. The summed E-state index contributed by atoms with van der Waals surface area (Å²) in [5, 5.41) is 11.9. The highest BCUT2D eigenvalue weighted by atomic mass is 35.5. The van der Waals surface area contributed by atoms with Gasteiger partial charge in [-0.05, 0) is 24.3 Å². The molecule has 0 aromatic heterocycles. The maximum Gasteiger partial charge on any atom is 0.173 e. The van der Waals surface area contributed by atoms with Gasteiger partial charge in [-0.2, -0.15) is 0 Å². The van der Waals surface area contributed by atoms with Crippen LogP contribution in [0.25, 0.3) is 0 Å². The summed E-state index contributed by atoms with van der Waals surface area (Å²) < 4.78 is 19.1. The number of hydrogen-bond donors (Lipinski definition) is 2. The van der Waals surface area contributed by atoms with Crippen LogP contribution in [-0.4, -0.2) is 11.0 Å². The second-order valence-electron chi connectivity index (χ2n) is 3.97. The number of benzene rings is 2. The first-order valence-electron chi connectivity index (χ1n) is 5.76. The lowest BCUT2D eigenvalue weighted by molar-refractivity contribution is 0.297. The lowest BCUT2D eigenvalue weighted by atomic mass is 10.2. The van der Waals surface area contributed by atoms with Gasteiger partial charge in [-0.3, -0.25) is 0 Å². The Balaban J connectivity index is 2.24. The van der Waals surface area contributed by atoms with Crippen LogP contribution in [-0.2, 0) is 6.61 Å². The van der Waals surface area contributed by atoms with Gasteiger partial charge in [0, 0.05) is 5.56 Å². The van der Waals surface area contributed by atoms with Crippen LogP contribution < -0.4 is 10.5 Å². The van der Waals surface area contributed by atoms with E-state index in [1.165, 1.54) is 12.1 Å². The molecule has 20 heavy (non-hydrogen) atoms. The van der Waals surface area contributed by atoms with E-state index in [-0.39, 0.29) is 23.0 Å². The molecular formula is C14H12ClFN2O2. The molecule has 0 amide bonds. The molecule has 3 N–H and O–H groups in total. The van der Waals surface area contributed by atoms with E-state index in [0.29, 0.717) is 11.3 Å². The first kappa shape index (κ1) is 14.1. The van der Waals surface area contributed by atoms with E-state index >= 15 is 0 Å². The number of oxime groups is 1. The largest absolute Gasteiger partial charge is 0.488 e. The van der Waals surface area contributed by atoms with Crippen molar-refractivity contribution < 1.29 is 14.3 Å². The summed E-state index contributed by atoms with van der Waals surface area (Å²) in [6.07, 6.45) is 0. The molecule has 4 nitrogen and oxygen atoms in total. The number of amidine groups is 1. The Morgan fingerprint density at radius 2 is 2.00 bits per heavy atom. The van der Waals surface area contributed by atoms with Crippen LogP contribution in [0.5, 0.6) is 5.75 Å². The highest BCUT2D eigenvalue weighted by Crippen LogP contribution is 2.23. The molecule has 0 saturated carbocycles. The molecule has 0 heterocycles. The SMILES string of the molecule is NC(=NO)c1ccccc1OCc1c(F)cccc1Cl. The lowest BCUT2D eigenvalue weighted by Crippen LogP contribution is -2.15. The summed E-state index contributed by atoms with van der Waals surface area (Å²) in [4.78, 5) is 0.